The lowest BCUT2D eigenvalue weighted by atomic mass is 10.0. The molecule has 0 aliphatic rings. The molecule has 134 valence electrons. The van der Waals surface area contributed by atoms with Crippen molar-refractivity contribution in [2.45, 2.75) is 32.7 Å². The molecule has 25 heavy (non-hydrogen) atoms. The summed E-state index contributed by atoms with van der Waals surface area (Å²) in [5.41, 5.74) is 4.82. The van der Waals surface area contributed by atoms with Crippen molar-refractivity contribution in [2.75, 3.05) is 25.5 Å². The first-order chi connectivity index (χ1) is 12.0. The number of hydrogen-bond donors (Lipinski definition) is 2. The summed E-state index contributed by atoms with van der Waals surface area (Å²) in [4.78, 5) is 13.9. The van der Waals surface area contributed by atoms with Crippen molar-refractivity contribution in [3.8, 4) is 0 Å². The van der Waals surface area contributed by atoms with Crippen molar-refractivity contribution in [1.29, 1.82) is 0 Å². The third-order valence-electron chi connectivity index (χ3n) is 4.25. The second-order valence-corrected chi connectivity index (χ2v) is 6.82. The highest BCUT2D eigenvalue weighted by Crippen LogP contribution is 2.15. The van der Waals surface area contributed by atoms with Gasteiger partial charge in [-0.1, -0.05) is 50.2 Å². The zero-order chi connectivity index (χ0) is 18.2. The number of urea groups is 1. The van der Waals surface area contributed by atoms with Gasteiger partial charge in [0.25, 0.3) is 0 Å². The van der Waals surface area contributed by atoms with Crippen LogP contribution in [0.2, 0.25) is 0 Å². The van der Waals surface area contributed by atoms with Crippen LogP contribution in [0.3, 0.4) is 0 Å². The SMILES string of the molecule is CC(C)c1ccc(CCNC(=O)NCc2ccc(N(C)C)cc2)cc1. The van der Waals surface area contributed by atoms with Crippen LogP contribution in [0.4, 0.5) is 10.5 Å². The van der Waals surface area contributed by atoms with E-state index in [1.807, 2.05) is 26.2 Å². The molecule has 0 bridgehead atoms. The topological polar surface area (TPSA) is 44.4 Å². The Bertz CT molecular complexity index is 661. The number of amides is 2. The van der Waals surface area contributed by atoms with E-state index in [2.05, 4.69) is 65.8 Å². The van der Waals surface area contributed by atoms with E-state index in [0.29, 0.717) is 19.0 Å². The van der Waals surface area contributed by atoms with Crippen LogP contribution in [0.15, 0.2) is 48.5 Å². The van der Waals surface area contributed by atoms with Crippen molar-refractivity contribution in [3.05, 3.63) is 65.2 Å². The number of carbonyl (C=O) groups excluding carboxylic acids is 1. The van der Waals surface area contributed by atoms with Gasteiger partial charge in [0.15, 0.2) is 0 Å². The van der Waals surface area contributed by atoms with E-state index in [1.54, 1.807) is 0 Å². The Morgan fingerprint density at radius 3 is 2.08 bits per heavy atom. The van der Waals surface area contributed by atoms with Gasteiger partial charge in [-0.15, -0.1) is 0 Å². The fourth-order valence-corrected chi connectivity index (χ4v) is 2.55. The molecule has 2 aromatic carbocycles. The molecule has 0 atom stereocenters. The van der Waals surface area contributed by atoms with Crippen LogP contribution >= 0.6 is 0 Å². The Morgan fingerprint density at radius 2 is 1.52 bits per heavy atom. The number of carbonyl (C=O) groups is 1. The van der Waals surface area contributed by atoms with Crippen LogP contribution in [0.1, 0.15) is 36.5 Å². The highest BCUT2D eigenvalue weighted by Gasteiger charge is 2.02. The van der Waals surface area contributed by atoms with Crippen LogP contribution in [-0.2, 0) is 13.0 Å². The third-order valence-corrected chi connectivity index (χ3v) is 4.25. The molecule has 0 radical (unpaired) electrons. The number of benzene rings is 2. The second kappa shape index (κ2) is 9.11. The minimum atomic E-state index is -0.129. The van der Waals surface area contributed by atoms with Crippen molar-refractivity contribution in [2.24, 2.45) is 0 Å². The lowest BCUT2D eigenvalue weighted by molar-refractivity contribution is 0.240. The minimum absolute atomic E-state index is 0.129. The molecule has 2 rings (SSSR count). The first-order valence-corrected chi connectivity index (χ1v) is 8.82. The molecule has 0 aromatic heterocycles. The molecule has 4 nitrogen and oxygen atoms in total. The normalized spacial score (nSPS) is 10.6. The van der Waals surface area contributed by atoms with Crippen LogP contribution in [0.25, 0.3) is 0 Å². The molecule has 0 saturated heterocycles. The second-order valence-electron chi connectivity index (χ2n) is 6.82. The largest absolute Gasteiger partial charge is 0.378 e. The summed E-state index contributed by atoms with van der Waals surface area (Å²) < 4.78 is 0. The van der Waals surface area contributed by atoms with Gasteiger partial charge in [-0.05, 0) is 41.2 Å². The van der Waals surface area contributed by atoms with Crippen molar-refractivity contribution in [3.63, 3.8) is 0 Å². The maximum atomic E-state index is 11.9. The van der Waals surface area contributed by atoms with Gasteiger partial charge in [0.05, 0.1) is 0 Å². The summed E-state index contributed by atoms with van der Waals surface area (Å²) in [5, 5.41) is 5.80. The molecule has 0 aliphatic heterocycles. The van der Waals surface area contributed by atoms with Gasteiger partial charge in [-0.25, -0.2) is 4.79 Å². The summed E-state index contributed by atoms with van der Waals surface area (Å²) in [6.45, 7) is 5.54. The number of hydrogen-bond acceptors (Lipinski definition) is 2. The summed E-state index contributed by atoms with van der Waals surface area (Å²) in [6, 6.07) is 16.6. The number of rotatable bonds is 7. The standard InChI is InChI=1S/C21H29N3O/c1-16(2)19-9-5-17(6-10-19)13-14-22-21(25)23-15-18-7-11-20(12-8-18)24(3)4/h5-12,16H,13-15H2,1-4H3,(H2,22,23,25). The van der Waals surface area contributed by atoms with Crippen LogP contribution in [0.5, 0.6) is 0 Å². The van der Waals surface area contributed by atoms with Crippen LogP contribution in [-0.4, -0.2) is 26.7 Å². The summed E-state index contributed by atoms with van der Waals surface area (Å²) in [7, 11) is 4.02. The molecule has 0 fully saturated rings. The summed E-state index contributed by atoms with van der Waals surface area (Å²) in [5.74, 6) is 0.546. The van der Waals surface area contributed by atoms with Crippen molar-refractivity contribution >= 4 is 11.7 Å². The fraction of sp³-hybridized carbons (Fsp3) is 0.381. The van der Waals surface area contributed by atoms with Gasteiger partial charge in [-0.3, -0.25) is 0 Å². The van der Waals surface area contributed by atoms with Crippen LogP contribution in [0, 0.1) is 0 Å². The summed E-state index contributed by atoms with van der Waals surface area (Å²) in [6.07, 6.45) is 0.837. The molecule has 2 amide bonds. The Labute approximate surface area is 151 Å². The molecule has 4 heteroatoms. The zero-order valence-corrected chi connectivity index (χ0v) is 15.7. The van der Waals surface area contributed by atoms with E-state index >= 15 is 0 Å². The Hall–Kier alpha value is -2.49. The van der Waals surface area contributed by atoms with Gasteiger partial charge in [0.1, 0.15) is 0 Å². The Morgan fingerprint density at radius 1 is 0.920 bits per heavy atom. The first kappa shape index (κ1) is 18.8. The van der Waals surface area contributed by atoms with Gasteiger partial charge in [-0.2, -0.15) is 0 Å². The monoisotopic (exact) mass is 339 g/mol. The Kier molecular flexibility index (Phi) is 6.87. The Balaban J connectivity index is 1.70. The predicted octanol–water partition coefficient (Wildman–Crippen LogP) is 3.92. The molecule has 2 N–H and O–H groups in total. The van der Waals surface area contributed by atoms with Gasteiger partial charge >= 0.3 is 6.03 Å². The molecular formula is C21H29N3O. The summed E-state index contributed by atoms with van der Waals surface area (Å²) >= 11 is 0. The maximum Gasteiger partial charge on any atom is 0.315 e. The van der Waals surface area contributed by atoms with Crippen molar-refractivity contribution < 1.29 is 4.79 Å². The minimum Gasteiger partial charge on any atom is -0.378 e. The van der Waals surface area contributed by atoms with Gasteiger partial charge in [0, 0.05) is 32.9 Å². The third kappa shape index (κ3) is 6.14. The van der Waals surface area contributed by atoms with E-state index in [0.717, 1.165) is 17.7 Å². The average molecular weight is 339 g/mol. The van der Waals surface area contributed by atoms with E-state index < -0.39 is 0 Å². The lowest BCUT2D eigenvalue weighted by Gasteiger charge is -2.13. The molecular weight excluding hydrogens is 310 g/mol. The molecule has 2 aromatic rings. The first-order valence-electron chi connectivity index (χ1n) is 8.82. The molecule has 0 unspecified atom stereocenters. The molecule has 0 aliphatic carbocycles. The lowest BCUT2D eigenvalue weighted by Crippen LogP contribution is -2.36. The molecule has 0 heterocycles. The zero-order valence-electron chi connectivity index (χ0n) is 15.7. The highest BCUT2D eigenvalue weighted by atomic mass is 16.2. The van der Waals surface area contributed by atoms with E-state index in [-0.39, 0.29) is 6.03 Å². The molecule has 0 spiro atoms. The van der Waals surface area contributed by atoms with Crippen molar-refractivity contribution in [1.82, 2.24) is 10.6 Å². The van der Waals surface area contributed by atoms with Gasteiger partial charge in [0.2, 0.25) is 0 Å². The number of nitrogens with zero attached hydrogens (tertiary/aromatic N) is 1. The average Bonchev–Trinajstić information content (AvgIpc) is 2.60. The van der Waals surface area contributed by atoms with E-state index in [1.165, 1.54) is 11.1 Å². The number of anilines is 1. The van der Waals surface area contributed by atoms with E-state index in [9.17, 15) is 4.79 Å². The van der Waals surface area contributed by atoms with Gasteiger partial charge < -0.3 is 15.5 Å². The smallest absolute Gasteiger partial charge is 0.315 e. The quantitative estimate of drug-likeness (QED) is 0.803. The maximum absolute atomic E-state index is 11.9. The fourth-order valence-electron chi connectivity index (χ4n) is 2.55. The highest BCUT2D eigenvalue weighted by molar-refractivity contribution is 5.73. The number of nitrogens with one attached hydrogen (secondary N) is 2. The predicted molar refractivity (Wildman–Crippen MR) is 105 cm³/mol. The van der Waals surface area contributed by atoms with Crippen LogP contribution < -0.4 is 15.5 Å². The molecule has 0 saturated carbocycles. The van der Waals surface area contributed by atoms with E-state index in [4.69, 9.17) is 0 Å².